The topological polar surface area (TPSA) is 92.4 Å². The number of halogens is 1. The van der Waals surface area contributed by atoms with E-state index in [-0.39, 0.29) is 5.56 Å². The highest BCUT2D eigenvalue weighted by Gasteiger charge is 2.16. The molecule has 3 aromatic heterocycles. The van der Waals surface area contributed by atoms with Crippen molar-refractivity contribution in [1.82, 2.24) is 30.1 Å². The van der Waals surface area contributed by atoms with Crippen LogP contribution in [-0.2, 0) is 0 Å². The van der Waals surface area contributed by atoms with Crippen LogP contribution in [0.25, 0.3) is 33.9 Å². The Balaban J connectivity index is 1.87. The molecule has 1 aromatic carbocycles. The number of benzene rings is 1. The summed E-state index contributed by atoms with van der Waals surface area (Å²) in [7, 11) is 1.49. The molecule has 0 aliphatic heterocycles. The van der Waals surface area contributed by atoms with Crippen molar-refractivity contribution in [3.63, 3.8) is 0 Å². The maximum atomic E-state index is 14.2. The number of H-pyrrole nitrogens is 2. The van der Waals surface area contributed by atoms with Crippen LogP contribution in [0.2, 0.25) is 0 Å². The molecule has 0 amide bonds. The molecular formula is C15H11FN6O. The molecule has 0 saturated heterocycles. The minimum Gasteiger partial charge on any atom is -0.496 e. The Labute approximate surface area is 129 Å². The second kappa shape index (κ2) is 5.16. The molecule has 0 fully saturated rings. The van der Waals surface area contributed by atoms with Crippen molar-refractivity contribution in [3.05, 3.63) is 42.6 Å². The highest BCUT2D eigenvalue weighted by Crippen LogP contribution is 2.32. The van der Waals surface area contributed by atoms with Gasteiger partial charge in [-0.2, -0.15) is 5.10 Å². The lowest BCUT2D eigenvalue weighted by Crippen LogP contribution is -1.92. The number of imidazole rings is 1. The summed E-state index contributed by atoms with van der Waals surface area (Å²) in [6, 6.07) is 6.39. The van der Waals surface area contributed by atoms with E-state index in [0.29, 0.717) is 34.1 Å². The van der Waals surface area contributed by atoms with Crippen LogP contribution in [0.1, 0.15) is 0 Å². The lowest BCUT2D eigenvalue weighted by molar-refractivity contribution is 0.413. The number of rotatable bonds is 3. The highest BCUT2D eigenvalue weighted by molar-refractivity contribution is 5.82. The van der Waals surface area contributed by atoms with Gasteiger partial charge in [0, 0.05) is 0 Å². The zero-order chi connectivity index (χ0) is 15.8. The normalized spacial score (nSPS) is 11.0. The fraction of sp³-hybridized carbons (Fsp3) is 0.0667. The highest BCUT2D eigenvalue weighted by atomic mass is 19.1. The van der Waals surface area contributed by atoms with E-state index in [1.165, 1.54) is 19.5 Å². The second-order valence-electron chi connectivity index (χ2n) is 4.82. The van der Waals surface area contributed by atoms with E-state index in [4.69, 9.17) is 4.74 Å². The van der Waals surface area contributed by atoms with Crippen LogP contribution in [0.5, 0.6) is 5.75 Å². The third kappa shape index (κ3) is 2.20. The van der Waals surface area contributed by atoms with Crippen LogP contribution >= 0.6 is 0 Å². The summed E-state index contributed by atoms with van der Waals surface area (Å²) in [5.41, 5.74) is 2.22. The van der Waals surface area contributed by atoms with Crippen molar-refractivity contribution < 1.29 is 9.13 Å². The van der Waals surface area contributed by atoms with Crippen LogP contribution in [-0.4, -0.2) is 37.2 Å². The number of hydrogen-bond acceptors (Lipinski definition) is 5. The van der Waals surface area contributed by atoms with Gasteiger partial charge in [0.2, 0.25) is 0 Å². The third-order valence-corrected chi connectivity index (χ3v) is 3.46. The summed E-state index contributed by atoms with van der Waals surface area (Å²) in [5.74, 6) is 0.922. The Kier molecular flexibility index (Phi) is 3.00. The predicted molar refractivity (Wildman–Crippen MR) is 81.2 cm³/mol. The maximum Gasteiger partial charge on any atom is 0.174 e. The third-order valence-electron chi connectivity index (χ3n) is 3.46. The van der Waals surface area contributed by atoms with Crippen LogP contribution in [0.4, 0.5) is 4.39 Å². The Morgan fingerprint density at radius 3 is 2.87 bits per heavy atom. The molecule has 2 N–H and O–H groups in total. The smallest absolute Gasteiger partial charge is 0.174 e. The number of pyridine rings is 1. The fourth-order valence-corrected chi connectivity index (χ4v) is 2.39. The van der Waals surface area contributed by atoms with Crippen molar-refractivity contribution in [2.45, 2.75) is 0 Å². The lowest BCUT2D eigenvalue weighted by atomic mass is 10.2. The summed E-state index contributed by atoms with van der Waals surface area (Å²) < 4.78 is 19.4. The predicted octanol–water partition coefficient (Wildman–Crippen LogP) is 2.56. The Bertz CT molecular complexity index is 979. The number of methoxy groups -OCH3 is 1. The lowest BCUT2D eigenvalue weighted by Gasteiger charge is -2.06. The molecule has 3 heterocycles. The molecule has 0 aliphatic carbocycles. The average Bonchev–Trinajstić information content (AvgIpc) is 3.22. The van der Waals surface area contributed by atoms with E-state index >= 15 is 0 Å². The summed E-state index contributed by atoms with van der Waals surface area (Å²) in [6.07, 6.45) is 3.03. The molecule has 0 saturated carbocycles. The van der Waals surface area contributed by atoms with Gasteiger partial charge in [-0.15, -0.1) is 0 Å². The monoisotopic (exact) mass is 310 g/mol. The molecule has 23 heavy (non-hydrogen) atoms. The van der Waals surface area contributed by atoms with Crippen molar-refractivity contribution in [3.8, 4) is 28.7 Å². The molecule has 4 rings (SSSR count). The average molecular weight is 310 g/mol. The first-order chi connectivity index (χ1) is 11.3. The molecule has 0 unspecified atom stereocenters. The standard InChI is InChI=1S/C15H11FN6O/c1-23-12-4-2-3-8(16)13(12)15-20-9-5-10(14-18-7-19-22-14)17-6-11(9)21-15/h2-7H,1H3,(H,20,21)(H,18,19,22). The SMILES string of the molecule is COc1cccc(F)c1-c1nc2cc(-c3ncn[nH]3)ncc2[nH]1. The van der Waals surface area contributed by atoms with Gasteiger partial charge in [-0.25, -0.2) is 14.4 Å². The van der Waals surface area contributed by atoms with Crippen molar-refractivity contribution in [1.29, 1.82) is 0 Å². The van der Waals surface area contributed by atoms with Crippen molar-refractivity contribution in [2.24, 2.45) is 0 Å². The number of aromatic nitrogens is 6. The minimum atomic E-state index is -0.410. The number of hydrogen-bond donors (Lipinski definition) is 2. The molecular weight excluding hydrogens is 299 g/mol. The van der Waals surface area contributed by atoms with Crippen LogP contribution in [0.3, 0.4) is 0 Å². The van der Waals surface area contributed by atoms with E-state index in [2.05, 4.69) is 30.1 Å². The molecule has 7 nitrogen and oxygen atoms in total. The summed E-state index contributed by atoms with van der Waals surface area (Å²) >= 11 is 0. The van der Waals surface area contributed by atoms with Gasteiger partial charge in [0.15, 0.2) is 5.82 Å². The number of fused-ring (bicyclic) bond motifs is 1. The number of ether oxygens (including phenoxy) is 1. The van der Waals surface area contributed by atoms with E-state index in [0.717, 1.165) is 0 Å². The Morgan fingerprint density at radius 2 is 2.09 bits per heavy atom. The molecule has 0 bridgehead atoms. The molecule has 0 radical (unpaired) electrons. The van der Waals surface area contributed by atoms with Gasteiger partial charge < -0.3 is 9.72 Å². The largest absolute Gasteiger partial charge is 0.496 e. The first-order valence-electron chi connectivity index (χ1n) is 6.80. The first-order valence-corrected chi connectivity index (χ1v) is 6.80. The fourth-order valence-electron chi connectivity index (χ4n) is 2.39. The van der Waals surface area contributed by atoms with Gasteiger partial charge in [0.1, 0.15) is 29.4 Å². The quantitative estimate of drug-likeness (QED) is 0.606. The van der Waals surface area contributed by atoms with Crippen LogP contribution in [0.15, 0.2) is 36.8 Å². The van der Waals surface area contributed by atoms with Crippen LogP contribution in [0, 0.1) is 5.82 Å². The molecule has 8 heteroatoms. The molecule has 0 spiro atoms. The van der Waals surface area contributed by atoms with Gasteiger partial charge in [-0.05, 0) is 18.2 Å². The van der Waals surface area contributed by atoms with E-state index in [1.807, 2.05) is 0 Å². The maximum absolute atomic E-state index is 14.2. The van der Waals surface area contributed by atoms with Gasteiger partial charge >= 0.3 is 0 Å². The van der Waals surface area contributed by atoms with Crippen LogP contribution < -0.4 is 4.74 Å². The Morgan fingerprint density at radius 1 is 1.17 bits per heavy atom. The van der Waals surface area contributed by atoms with Crippen molar-refractivity contribution in [2.75, 3.05) is 7.11 Å². The van der Waals surface area contributed by atoms with Gasteiger partial charge in [0.05, 0.1) is 29.9 Å². The zero-order valence-electron chi connectivity index (χ0n) is 12.0. The number of aromatic amines is 2. The summed E-state index contributed by atoms with van der Waals surface area (Å²) in [4.78, 5) is 15.8. The molecule has 0 atom stereocenters. The minimum absolute atomic E-state index is 0.285. The summed E-state index contributed by atoms with van der Waals surface area (Å²) in [5, 5.41) is 6.54. The van der Waals surface area contributed by atoms with E-state index in [9.17, 15) is 4.39 Å². The summed E-state index contributed by atoms with van der Waals surface area (Å²) in [6.45, 7) is 0. The number of nitrogens with one attached hydrogen (secondary N) is 2. The van der Waals surface area contributed by atoms with Gasteiger partial charge in [0.25, 0.3) is 0 Å². The van der Waals surface area contributed by atoms with Gasteiger partial charge in [-0.1, -0.05) is 6.07 Å². The Hall–Kier alpha value is -3.29. The van der Waals surface area contributed by atoms with E-state index < -0.39 is 5.82 Å². The first kappa shape index (κ1) is 13.4. The number of nitrogens with zero attached hydrogens (tertiary/aromatic N) is 4. The zero-order valence-corrected chi connectivity index (χ0v) is 12.0. The van der Waals surface area contributed by atoms with Gasteiger partial charge in [-0.3, -0.25) is 10.1 Å². The second-order valence-corrected chi connectivity index (χ2v) is 4.82. The van der Waals surface area contributed by atoms with E-state index in [1.54, 1.807) is 24.4 Å². The van der Waals surface area contributed by atoms with Crippen molar-refractivity contribution >= 4 is 11.0 Å². The molecule has 114 valence electrons. The molecule has 4 aromatic rings. The molecule has 0 aliphatic rings.